The fourth-order valence-corrected chi connectivity index (χ4v) is 2.85. The number of carbonyl (C=O) groups excluding carboxylic acids is 1. The molecule has 0 amide bonds. The van der Waals surface area contributed by atoms with E-state index in [4.69, 9.17) is 5.11 Å². The first-order valence-corrected chi connectivity index (χ1v) is 7.44. The van der Waals surface area contributed by atoms with Crippen molar-refractivity contribution in [2.45, 2.75) is 6.17 Å². The van der Waals surface area contributed by atoms with E-state index in [2.05, 4.69) is 5.10 Å². The van der Waals surface area contributed by atoms with E-state index in [1.165, 1.54) is 0 Å². The summed E-state index contributed by atoms with van der Waals surface area (Å²) >= 11 is 0. The Morgan fingerprint density at radius 2 is 1.71 bits per heavy atom. The molecule has 3 rings (SSSR count). The lowest BCUT2D eigenvalue weighted by Crippen LogP contribution is -2.30. The molecule has 1 unspecified atom stereocenters. The van der Waals surface area contributed by atoms with E-state index >= 15 is 0 Å². The average molecular weight is 323 g/mol. The smallest absolute Gasteiger partial charge is 0.335 e. The second-order valence-corrected chi connectivity index (χ2v) is 5.65. The third-order valence-electron chi connectivity index (χ3n) is 4.07. The third-order valence-corrected chi connectivity index (χ3v) is 4.07. The highest BCUT2D eigenvalue weighted by atomic mass is 16.4. The van der Waals surface area contributed by atoms with E-state index in [1.807, 2.05) is 36.1 Å². The van der Waals surface area contributed by atoms with Crippen LogP contribution in [0.3, 0.4) is 0 Å². The number of carbonyl (C=O) groups is 2. The summed E-state index contributed by atoms with van der Waals surface area (Å²) in [6.07, 6.45) is 0.691. The molecular formula is C18H17N3O3. The summed E-state index contributed by atoms with van der Waals surface area (Å²) in [5.41, 5.74) is 2.75. The average Bonchev–Trinajstić information content (AvgIpc) is 2.89. The molecule has 6 nitrogen and oxygen atoms in total. The minimum Gasteiger partial charge on any atom is -0.478 e. The molecule has 0 fully saturated rings. The molecule has 1 atom stereocenters. The molecule has 1 heterocycles. The molecule has 0 spiro atoms. The highest BCUT2D eigenvalue weighted by molar-refractivity contribution is 6.00. The van der Waals surface area contributed by atoms with Crippen LogP contribution in [0.1, 0.15) is 38.0 Å². The monoisotopic (exact) mass is 323 g/mol. The Morgan fingerprint density at radius 3 is 2.25 bits per heavy atom. The van der Waals surface area contributed by atoms with Gasteiger partial charge >= 0.3 is 5.97 Å². The van der Waals surface area contributed by atoms with E-state index in [9.17, 15) is 9.59 Å². The number of nitrogens with zero attached hydrogens (tertiary/aromatic N) is 3. The van der Waals surface area contributed by atoms with Crippen molar-refractivity contribution in [3.63, 3.8) is 0 Å². The molecule has 2 aromatic rings. The molecule has 122 valence electrons. The van der Waals surface area contributed by atoms with Gasteiger partial charge in [-0.2, -0.15) is 5.10 Å². The zero-order chi connectivity index (χ0) is 17.3. The maximum absolute atomic E-state index is 11.0. The summed E-state index contributed by atoms with van der Waals surface area (Å²) in [7, 11) is 3.81. The number of hydrogen-bond acceptors (Lipinski definition) is 5. The Hall–Kier alpha value is -3.15. The van der Waals surface area contributed by atoms with Crippen molar-refractivity contribution in [3.05, 3.63) is 70.8 Å². The van der Waals surface area contributed by atoms with Crippen LogP contribution >= 0.6 is 0 Å². The van der Waals surface area contributed by atoms with Crippen molar-refractivity contribution in [1.29, 1.82) is 0 Å². The number of aromatic carboxylic acids is 1. The second kappa shape index (κ2) is 6.16. The molecule has 1 aliphatic heterocycles. The van der Waals surface area contributed by atoms with Crippen molar-refractivity contribution in [2.24, 2.45) is 5.10 Å². The predicted molar refractivity (Wildman–Crippen MR) is 90.0 cm³/mol. The standard InChI is InChI=1S/C18H17N3O3/c1-20-16(13-5-3-12(11-22)4-6-13)19-21(2)17(20)14-7-9-15(10-8-14)18(23)24/h3-11,17H,1-2H3,(H,23,24). The van der Waals surface area contributed by atoms with Gasteiger partial charge in [-0.05, 0) is 17.7 Å². The van der Waals surface area contributed by atoms with Crippen LogP contribution < -0.4 is 0 Å². The number of aldehydes is 1. The fraction of sp³-hybridized carbons (Fsp3) is 0.167. The van der Waals surface area contributed by atoms with Crippen molar-refractivity contribution in [2.75, 3.05) is 14.1 Å². The van der Waals surface area contributed by atoms with E-state index in [-0.39, 0.29) is 11.7 Å². The normalized spacial score (nSPS) is 16.9. The molecule has 0 bridgehead atoms. The third kappa shape index (κ3) is 2.74. The molecule has 0 saturated heterocycles. The van der Waals surface area contributed by atoms with Crippen LogP contribution in [0.5, 0.6) is 0 Å². The summed E-state index contributed by atoms with van der Waals surface area (Å²) < 4.78 is 0. The Morgan fingerprint density at radius 1 is 1.08 bits per heavy atom. The number of carboxylic acid groups (broad SMARTS) is 1. The summed E-state index contributed by atoms with van der Waals surface area (Å²) in [6.45, 7) is 0. The first kappa shape index (κ1) is 15.7. The maximum atomic E-state index is 11.0. The van der Waals surface area contributed by atoms with Gasteiger partial charge in [-0.25, -0.2) is 4.79 Å². The summed E-state index contributed by atoms with van der Waals surface area (Å²) in [4.78, 5) is 23.8. The van der Waals surface area contributed by atoms with E-state index in [0.29, 0.717) is 5.56 Å². The van der Waals surface area contributed by atoms with Crippen LogP contribution in [0.2, 0.25) is 0 Å². The van der Waals surface area contributed by atoms with Crippen molar-refractivity contribution < 1.29 is 14.7 Å². The van der Waals surface area contributed by atoms with Crippen LogP contribution in [0.4, 0.5) is 0 Å². The van der Waals surface area contributed by atoms with Gasteiger partial charge < -0.3 is 10.0 Å². The molecule has 0 aromatic heterocycles. The first-order chi connectivity index (χ1) is 11.5. The van der Waals surface area contributed by atoms with Gasteiger partial charge in [0.2, 0.25) is 0 Å². The molecule has 0 aliphatic carbocycles. The molecular weight excluding hydrogens is 306 g/mol. The molecule has 0 saturated carbocycles. The molecule has 24 heavy (non-hydrogen) atoms. The minimum absolute atomic E-state index is 0.117. The summed E-state index contributed by atoms with van der Waals surface area (Å²) in [5, 5.41) is 15.4. The summed E-state index contributed by atoms with van der Waals surface area (Å²) in [6, 6.07) is 14.0. The van der Waals surface area contributed by atoms with Crippen LogP contribution in [0.25, 0.3) is 0 Å². The molecule has 1 N–H and O–H groups in total. The van der Waals surface area contributed by atoms with Gasteiger partial charge in [-0.3, -0.25) is 9.80 Å². The second-order valence-electron chi connectivity index (χ2n) is 5.65. The van der Waals surface area contributed by atoms with Gasteiger partial charge in [0.25, 0.3) is 0 Å². The quantitative estimate of drug-likeness (QED) is 0.875. The Bertz CT molecular complexity index is 797. The van der Waals surface area contributed by atoms with E-state index in [1.54, 1.807) is 36.4 Å². The SMILES string of the molecule is CN1N=C(c2ccc(C=O)cc2)N(C)C1c1ccc(C(=O)O)cc1. The minimum atomic E-state index is -0.943. The summed E-state index contributed by atoms with van der Waals surface area (Å²) in [5.74, 6) is -0.149. The van der Waals surface area contributed by atoms with Crippen molar-refractivity contribution >= 4 is 18.1 Å². The van der Waals surface area contributed by atoms with E-state index in [0.717, 1.165) is 23.2 Å². The molecule has 1 aliphatic rings. The first-order valence-electron chi connectivity index (χ1n) is 7.44. The zero-order valence-electron chi connectivity index (χ0n) is 13.4. The van der Waals surface area contributed by atoms with Gasteiger partial charge in [0.05, 0.1) is 5.56 Å². The Kier molecular flexibility index (Phi) is 4.04. The van der Waals surface area contributed by atoms with Crippen LogP contribution in [-0.2, 0) is 0 Å². The topological polar surface area (TPSA) is 73.2 Å². The lowest BCUT2D eigenvalue weighted by Gasteiger charge is -2.27. The van der Waals surface area contributed by atoms with Crippen molar-refractivity contribution in [3.8, 4) is 0 Å². The van der Waals surface area contributed by atoms with Gasteiger partial charge in [0.15, 0.2) is 5.84 Å². The van der Waals surface area contributed by atoms with Gasteiger partial charge in [-0.15, -0.1) is 0 Å². The fourth-order valence-electron chi connectivity index (χ4n) is 2.85. The number of carboxylic acids is 1. The van der Waals surface area contributed by atoms with Crippen LogP contribution in [0.15, 0.2) is 53.6 Å². The Labute approximate surface area is 139 Å². The maximum Gasteiger partial charge on any atom is 0.335 e. The van der Waals surface area contributed by atoms with Crippen LogP contribution in [0, 0.1) is 0 Å². The molecule has 2 aromatic carbocycles. The van der Waals surface area contributed by atoms with Gasteiger partial charge in [0.1, 0.15) is 12.5 Å². The van der Waals surface area contributed by atoms with Crippen molar-refractivity contribution in [1.82, 2.24) is 9.91 Å². The van der Waals surface area contributed by atoms with E-state index < -0.39 is 5.97 Å². The zero-order valence-corrected chi connectivity index (χ0v) is 13.4. The predicted octanol–water partition coefficient (Wildman–Crippen LogP) is 2.43. The number of hydrazone groups is 1. The number of rotatable bonds is 4. The number of hydrogen-bond donors (Lipinski definition) is 1. The van der Waals surface area contributed by atoms with Gasteiger partial charge in [0, 0.05) is 25.2 Å². The number of amidine groups is 1. The van der Waals surface area contributed by atoms with Gasteiger partial charge in [-0.1, -0.05) is 36.4 Å². The Balaban J connectivity index is 1.87. The van der Waals surface area contributed by atoms with Crippen LogP contribution in [-0.4, -0.2) is 47.2 Å². The number of benzene rings is 2. The lowest BCUT2D eigenvalue weighted by atomic mass is 10.1. The largest absolute Gasteiger partial charge is 0.478 e. The molecule has 0 radical (unpaired) electrons. The lowest BCUT2D eigenvalue weighted by molar-refractivity contribution is 0.0696. The molecule has 6 heteroatoms. The highest BCUT2D eigenvalue weighted by Gasteiger charge is 2.31. The highest BCUT2D eigenvalue weighted by Crippen LogP contribution is 2.30.